The molecule has 0 fully saturated rings. The van der Waals surface area contributed by atoms with Gasteiger partial charge in [-0.15, -0.1) is 11.6 Å². The molecule has 1 nitrogen and oxygen atoms in total. The summed E-state index contributed by atoms with van der Waals surface area (Å²) in [5.74, 6) is 0. The summed E-state index contributed by atoms with van der Waals surface area (Å²) in [6.45, 7) is 0. The second kappa shape index (κ2) is 3.61. The predicted octanol–water partition coefficient (Wildman–Crippen LogP) is 3.14. The van der Waals surface area contributed by atoms with E-state index < -0.39 is 5.38 Å². The molecule has 0 saturated heterocycles. The molecule has 3 heteroatoms. The summed E-state index contributed by atoms with van der Waals surface area (Å²) in [5, 5.41) is 8.36. The van der Waals surface area contributed by atoms with Crippen molar-refractivity contribution in [1.82, 2.24) is 0 Å². The molecular formula is C8H5Cl2N. The summed E-state index contributed by atoms with van der Waals surface area (Å²) in [7, 11) is 0. The van der Waals surface area contributed by atoms with E-state index >= 15 is 0 Å². The highest BCUT2D eigenvalue weighted by Crippen LogP contribution is 2.26. The second-order valence-electron chi connectivity index (χ2n) is 2.01. The summed E-state index contributed by atoms with van der Waals surface area (Å²) in [6.07, 6.45) is 0. The normalized spacial score (nSPS) is 12.1. The first-order valence-electron chi connectivity index (χ1n) is 3.04. The van der Waals surface area contributed by atoms with E-state index in [1.165, 1.54) is 0 Å². The summed E-state index contributed by atoms with van der Waals surface area (Å²) >= 11 is 11.4. The minimum Gasteiger partial charge on any atom is -0.196 e. The Morgan fingerprint density at radius 3 is 2.55 bits per heavy atom. The van der Waals surface area contributed by atoms with Gasteiger partial charge in [0, 0.05) is 10.6 Å². The number of halogens is 2. The van der Waals surface area contributed by atoms with Crippen molar-refractivity contribution in [3.05, 3.63) is 34.9 Å². The van der Waals surface area contributed by atoms with Gasteiger partial charge in [0.05, 0.1) is 6.07 Å². The van der Waals surface area contributed by atoms with Gasteiger partial charge in [-0.05, 0) is 6.07 Å². The van der Waals surface area contributed by atoms with E-state index in [9.17, 15) is 0 Å². The molecule has 0 spiro atoms. The number of nitriles is 1. The van der Waals surface area contributed by atoms with Crippen LogP contribution in [-0.2, 0) is 0 Å². The van der Waals surface area contributed by atoms with E-state index in [0.29, 0.717) is 10.6 Å². The number of hydrogen-bond donors (Lipinski definition) is 0. The number of rotatable bonds is 1. The molecule has 1 rings (SSSR count). The SMILES string of the molecule is N#C[C@H](Cl)c1ccccc1Cl. The van der Waals surface area contributed by atoms with Crippen molar-refractivity contribution in [3.8, 4) is 6.07 Å². The Bertz CT molecular complexity index is 290. The van der Waals surface area contributed by atoms with E-state index in [2.05, 4.69) is 0 Å². The zero-order valence-electron chi connectivity index (χ0n) is 5.59. The van der Waals surface area contributed by atoms with Crippen molar-refractivity contribution < 1.29 is 0 Å². The van der Waals surface area contributed by atoms with E-state index in [4.69, 9.17) is 28.5 Å². The minimum absolute atomic E-state index is 0.536. The molecule has 0 aliphatic heterocycles. The minimum atomic E-state index is -0.649. The Kier molecular flexibility index (Phi) is 2.76. The van der Waals surface area contributed by atoms with Gasteiger partial charge in [-0.3, -0.25) is 0 Å². The lowest BCUT2D eigenvalue weighted by Gasteiger charge is -2.01. The van der Waals surface area contributed by atoms with E-state index in [1.807, 2.05) is 6.07 Å². The van der Waals surface area contributed by atoms with Crippen molar-refractivity contribution in [2.24, 2.45) is 0 Å². The van der Waals surface area contributed by atoms with Gasteiger partial charge in [-0.2, -0.15) is 5.26 Å². The smallest absolute Gasteiger partial charge is 0.146 e. The van der Waals surface area contributed by atoms with E-state index in [0.717, 1.165) is 0 Å². The molecule has 0 unspecified atom stereocenters. The third-order valence-electron chi connectivity index (χ3n) is 1.29. The first-order valence-corrected chi connectivity index (χ1v) is 3.85. The highest BCUT2D eigenvalue weighted by atomic mass is 35.5. The number of nitrogens with zero attached hydrogens (tertiary/aromatic N) is 1. The Labute approximate surface area is 75.2 Å². The van der Waals surface area contributed by atoms with Gasteiger partial charge < -0.3 is 0 Å². The fraction of sp³-hybridized carbons (Fsp3) is 0.125. The number of alkyl halides is 1. The molecule has 0 bridgehead atoms. The molecular weight excluding hydrogens is 181 g/mol. The number of hydrogen-bond acceptors (Lipinski definition) is 1. The maximum absolute atomic E-state index is 8.47. The Morgan fingerprint density at radius 1 is 1.36 bits per heavy atom. The zero-order valence-corrected chi connectivity index (χ0v) is 7.10. The quantitative estimate of drug-likeness (QED) is 0.618. The topological polar surface area (TPSA) is 23.8 Å². The highest BCUT2D eigenvalue weighted by Gasteiger charge is 2.08. The molecule has 0 saturated carbocycles. The summed E-state index contributed by atoms with van der Waals surface area (Å²) in [4.78, 5) is 0. The van der Waals surface area contributed by atoms with Crippen LogP contribution in [0, 0.1) is 11.3 Å². The van der Waals surface area contributed by atoms with Crippen LogP contribution in [-0.4, -0.2) is 0 Å². The standard InChI is InChI=1S/C8H5Cl2N/c9-7-4-2-1-3-6(7)8(10)5-11/h1-4,8H/t8-/m0/s1. The molecule has 0 aromatic heterocycles. The summed E-state index contributed by atoms with van der Waals surface area (Å²) < 4.78 is 0. The molecule has 56 valence electrons. The van der Waals surface area contributed by atoms with Gasteiger partial charge in [0.2, 0.25) is 0 Å². The lowest BCUT2D eigenvalue weighted by molar-refractivity contribution is 1.21. The van der Waals surface area contributed by atoms with Crippen LogP contribution in [0.4, 0.5) is 0 Å². The van der Waals surface area contributed by atoms with Crippen molar-refractivity contribution in [1.29, 1.82) is 5.26 Å². The molecule has 11 heavy (non-hydrogen) atoms. The third kappa shape index (κ3) is 1.86. The van der Waals surface area contributed by atoms with Crippen LogP contribution in [0.2, 0.25) is 5.02 Å². The van der Waals surface area contributed by atoms with Crippen molar-refractivity contribution in [2.75, 3.05) is 0 Å². The van der Waals surface area contributed by atoms with Crippen LogP contribution in [0.5, 0.6) is 0 Å². The highest BCUT2D eigenvalue weighted by molar-refractivity contribution is 6.33. The molecule has 0 amide bonds. The van der Waals surface area contributed by atoms with Gasteiger partial charge in [0.15, 0.2) is 0 Å². The zero-order chi connectivity index (χ0) is 8.27. The van der Waals surface area contributed by atoms with Gasteiger partial charge in [-0.1, -0.05) is 29.8 Å². The van der Waals surface area contributed by atoms with E-state index in [1.54, 1.807) is 24.3 Å². The average molecular weight is 186 g/mol. The average Bonchev–Trinajstić information content (AvgIpc) is 2.04. The monoisotopic (exact) mass is 185 g/mol. The van der Waals surface area contributed by atoms with Gasteiger partial charge in [-0.25, -0.2) is 0 Å². The molecule has 1 atom stereocenters. The second-order valence-corrected chi connectivity index (χ2v) is 2.86. The molecule has 0 aliphatic rings. The van der Waals surface area contributed by atoms with Gasteiger partial charge >= 0.3 is 0 Å². The van der Waals surface area contributed by atoms with Crippen molar-refractivity contribution in [3.63, 3.8) is 0 Å². The first kappa shape index (κ1) is 8.39. The Balaban J connectivity index is 3.05. The number of benzene rings is 1. The van der Waals surface area contributed by atoms with Crippen LogP contribution in [0.15, 0.2) is 24.3 Å². The van der Waals surface area contributed by atoms with Gasteiger partial charge in [0.1, 0.15) is 5.38 Å². The molecule has 0 N–H and O–H groups in total. The largest absolute Gasteiger partial charge is 0.196 e. The fourth-order valence-corrected chi connectivity index (χ4v) is 1.24. The Hall–Kier alpha value is -0.710. The fourth-order valence-electron chi connectivity index (χ4n) is 0.750. The van der Waals surface area contributed by atoms with Crippen LogP contribution in [0.1, 0.15) is 10.9 Å². The summed E-state index contributed by atoms with van der Waals surface area (Å²) in [5.41, 5.74) is 0.665. The molecule has 0 aliphatic carbocycles. The maximum atomic E-state index is 8.47. The molecule has 1 aromatic rings. The lowest BCUT2D eigenvalue weighted by atomic mass is 10.2. The first-order chi connectivity index (χ1) is 5.25. The Morgan fingerprint density at radius 2 is 2.00 bits per heavy atom. The van der Waals surface area contributed by atoms with Gasteiger partial charge in [0.25, 0.3) is 0 Å². The van der Waals surface area contributed by atoms with Crippen LogP contribution < -0.4 is 0 Å². The molecule has 0 radical (unpaired) electrons. The van der Waals surface area contributed by atoms with Crippen LogP contribution in [0.3, 0.4) is 0 Å². The van der Waals surface area contributed by atoms with Crippen molar-refractivity contribution in [2.45, 2.75) is 5.38 Å². The third-order valence-corrected chi connectivity index (χ3v) is 1.97. The van der Waals surface area contributed by atoms with Crippen molar-refractivity contribution >= 4 is 23.2 Å². The summed E-state index contributed by atoms with van der Waals surface area (Å²) in [6, 6.07) is 8.95. The molecule has 0 heterocycles. The van der Waals surface area contributed by atoms with E-state index in [-0.39, 0.29) is 0 Å². The molecule has 1 aromatic carbocycles. The van der Waals surface area contributed by atoms with Crippen LogP contribution >= 0.6 is 23.2 Å². The maximum Gasteiger partial charge on any atom is 0.146 e. The predicted molar refractivity (Wildman–Crippen MR) is 45.7 cm³/mol. The lowest BCUT2D eigenvalue weighted by Crippen LogP contribution is -1.86. The van der Waals surface area contributed by atoms with Crippen LogP contribution in [0.25, 0.3) is 0 Å².